The second-order valence-corrected chi connectivity index (χ2v) is 3.28. The monoisotopic (exact) mass is 236 g/mol. The average molecular weight is 236 g/mol. The molecule has 90 valence electrons. The van der Waals surface area contributed by atoms with E-state index in [1.807, 2.05) is 0 Å². The standard InChI is InChI=1S/C10H12N4O3/c1-14-5-7(12)4-8(14)10(16)17-6-9(15)13-3-2-11/h4-5H,3,6,12H2,1H3,(H,13,15). The Bertz CT molecular complexity index is 472. The fraction of sp³-hybridized carbons (Fsp3) is 0.300. The van der Waals surface area contributed by atoms with Crippen LogP contribution in [0.4, 0.5) is 5.69 Å². The van der Waals surface area contributed by atoms with Gasteiger partial charge in [-0.2, -0.15) is 5.26 Å². The second kappa shape index (κ2) is 5.55. The van der Waals surface area contributed by atoms with Crippen LogP contribution in [0.15, 0.2) is 12.3 Å². The first kappa shape index (κ1) is 12.6. The molecule has 0 unspecified atom stereocenters. The van der Waals surface area contributed by atoms with Crippen LogP contribution in [0.5, 0.6) is 0 Å². The van der Waals surface area contributed by atoms with E-state index in [9.17, 15) is 9.59 Å². The van der Waals surface area contributed by atoms with Crippen LogP contribution in [0.1, 0.15) is 10.5 Å². The van der Waals surface area contributed by atoms with Crippen LogP contribution in [0.25, 0.3) is 0 Å². The Morgan fingerprint density at radius 3 is 2.88 bits per heavy atom. The van der Waals surface area contributed by atoms with Gasteiger partial charge < -0.3 is 20.4 Å². The molecule has 1 aromatic rings. The van der Waals surface area contributed by atoms with Gasteiger partial charge in [-0.3, -0.25) is 4.79 Å². The summed E-state index contributed by atoms with van der Waals surface area (Å²) < 4.78 is 6.25. The van der Waals surface area contributed by atoms with Gasteiger partial charge in [-0.1, -0.05) is 0 Å². The topological polar surface area (TPSA) is 110 Å². The third-order valence-corrected chi connectivity index (χ3v) is 1.93. The number of nitriles is 1. The van der Waals surface area contributed by atoms with Crippen molar-refractivity contribution in [3.05, 3.63) is 18.0 Å². The molecule has 0 saturated heterocycles. The number of carbonyl (C=O) groups is 2. The molecule has 0 aliphatic rings. The molecule has 0 atom stereocenters. The highest BCUT2D eigenvalue weighted by atomic mass is 16.5. The number of nitrogens with zero attached hydrogens (tertiary/aromatic N) is 2. The van der Waals surface area contributed by atoms with Gasteiger partial charge in [0.25, 0.3) is 5.91 Å². The number of anilines is 1. The van der Waals surface area contributed by atoms with Gasteiger partial charge in [-0.05, 0) is 6.07 Å². The van der Waals surface area contributed by atoms with Crippen LogP contribution in [0.3, 0.4) is 0 Å². The molecule has 1 aromatic heterocycles. The van der Waals surface area contributed by atoms with Gasteiger partial charge in [-0.15, -0.1) is 0 Å². The molecule has 1 heterocycles. The van der Waals surface area contributed by atoms with Crippen LogP contribution < -0.4 is 11.1 Å². The van der Waals surface area contributed by atoms with E-state index in [0.717, 1.165) is 0 Å². The number of aryl methyl sites for hydroxylation is 1. The first-order valence-electron chi connectivity index (χ1n) is 4.77. The summed E-state index contributed by atoms with van der Waals surface area (Å²) in [5.74, 6) is -1.17. The molecule has 1 rings (SSSR count). The summed E-state index contributed by atoms with van der Waals surface area (Å²) in [6.07, 6.45) is 1.56. The van der Waals surface area contributed by atoms with Gasteiger partial charge in [0.15, 0.2) is 6.61 Å². The van der Waals surface area contributed by atoms with Crippen molar-refractivity contribution in [1.29, 1.82) is 5.26 Å². The highest BCUT2D eigenvalue weighted by Gasteiger charge is 2.13. The SMILES string of the molecule is Cn1cc(N)cc1C(=O)OCC(=O)NCC#N. The molecule has 0 aromatic carbocycles. The largest absolute Gasteiger partial charge is 0.451 e. The first-order chi connectivity index (χ1) is 8.04. The molecule has 0 aliphatic carbocycles. The van der Waals surface area contributed by atoms with E-state index in [4.69, 9.17) is 15.7 Å². The quantitative estimate of drug-likeness (QED) is 0.536. The maximum atomic E-state index is 11.5. The number of ether oxygens (including phenoxy) is 1. The first-order valence-corrected chi connectivity index (χ1v) is 4.77. The van der Waals surface area contributed by atoms with E-state index in [-0.39, 0.29) is 12.2 Å². The predicted molar refractivity (Wildman–Crippen MR) is 58.7 cm³/mol. The number of nitrogens with one attached hydrogen (secondary N) is 1. The van der Waals surface area contributed by atoms with Gasteiger partial charge in [0, 0.05) is 13.2 Å². The zero-order valence-corrected chi connectivity index (χ0v) is 9.27. The minimum atomic E-state index is -0.642. The number of rotatable bonds is 4. The number of carbonyl (C=O) groups excluding carboxylic acids is 2. The summed E-state index contributed by atoms with van der Waals surface area (Å²) in [6.45, 7) is -0.543. The summed E-state index contributed by atoms with van der Waals surface area (Å²) in [5, 5.41) is 10.5. The highest BCUT2D eigenvalue weighted by Crippen LogP contribution is 2.09. The fourth-order valence-corrected chi connectivity index (χ4v) is 1.19. The van der Waals surface area contributed by atoms with Crippen molar-refractivity contribution in [2.24, 2.45) is 7.05 Å². The number of amides is 1. The number of aromatic nitrogens is 1. The smallest absolute Gasteiger partial charge is 0.355 e. The molecule has 17 heavy (non-hydrogen) atoms. The second-order valence-electron chi connectivity index (χ2n) is 3.28. The van der Waals surface area contributed by atoms with E-state index in [1.54, 1.807) is 19.3 Å². The lowest BCUT2D eigenvalue weighted by Gasteiger charge is -2.04. The third kappa shape index (κ3) is 3.53. The molecule has 7 nitrogen and oxygen atoms in total. The molecule has 0 aliphatic heterocycles. The molecule has 0 bridgehead atoms. The van der Waals surface area contributed by atoms with Crippen molar-refractivity contribution >= 4 is 17.6 Å². The fourth-order valence-electron chi connectivity index (χ4n) is 1.19. The summed E-state index contributed by atoms with van der Waals surface area (Å²) in [5.41, 5.74) is 6.19. The lowest BCUT2D eigenvalue weighted by Crippen LogP contribution is -2.29. The summed E-state index contributed by atoms with van der Waals surface area (Å²) in [4.78, 5) is 22.6. The summed E-state index contributed by atoms with van der Waals surface area (Å²) in [7, 11) is 1.64. The zero-order valence-electron chi connectivity index (χ0n) is 9.27. The Hall–Kier alpha value is -2.49. The van der Waals surface area contributed by atoms with Crippen molar-refractivity contribution < 1.29 is 14.3 Å². The van der Waals surface area contributed by atoms with Gasteiger partial charge in [0.1, 0.15) is 12.2 Å². The number of hydrogen-bond donors (Lipinski definition) is 2. The van der Waals surface area contributed by atoms with Crippen LogP contribution >= 0.6 is 0 Å². The third-order valence-electron chi connectivity index (χ3n) is 1.93. The van der Waals surface area contributed by atoms with Gasteiger partial charge in [0.05, 0.1) is 11.8 Å². The molecule has 1 amide bonds. The highest BCUT2D eigenvalue weighted by molar-refractivity contribution is 5.91. The van der Waals surface area contributed by atoms with E-state index in [1.165, 1.54) is 10.6 Å². The molecule has 0 saturated carbocycles. The van der Waals surface area contributed by atoms with Gasteiger partial charge in [-0.25, -0.2) is 4.79 Å². The maximum absolute atomic E-state index is 11.5. The Morgan fingerprint density at radius 1 is 1.65 bits per heavy atom. The Kier molecular flexibility index (Phi) is 4.11. The number of nitrogen functional groups attached to an aromatic ring is 1. The lowest BCUT2D eigenvalue weighted by molar-refractivity contribution is -0.124. The summed E-state index contributed by atoms with van der Waals surface area (Å²) in [6, 6.07) is 3.19. The average Bonchev–Trinajstić information content (AvgIpc) is 2.62. The van der Waals surface area contributed by atoms with E-state index >= 15 is 0 Å². The van der Waals surface area contributed by atoms with Crippen molar-refractivity contribution in [2.45, 2.75) is 0 Å². The molecule has 3 N–H and O–H groups in total. The van der Waals surface area contributed by atoms with Crippen molar-refractivity contribution in [1.82, 2.24) is 9.88 Å². The van der Waals surface area contributed by atoms with Gasteiger partial charge >= 0.3 is 5.97 Å². The number of hydrogen-bond acceptors (Lipinski definition) is 5. The van der Waals surface area contributed by atoms with Gasteiger partial charge in [0.2, 0.25) is 0 Å². The van der Waals surface area contributed by atoms with E-state index in [2.05, 4.69) is 5.32 Å². The number of nitrogens with two attached hydrogens (primary N) is 1. The van der Waals surface area contributed by atoms with Crippen molar-refractivity contribution in [2.75, 3.05) is 18.9 Å². The summed E-state index contributed by atoms with van der Waals surface area (Å²) >= 11 is 0. The maximum Gasteiger partial charge on any atom is 0.355 e. The van der Waals surface area contributed by atoms with Crippen LogP contribution in [-0.2, 0) is 16.6 Å². The minimum absolute atomic E-state index is 0.118. The molecule has 7 heteroatoms. The molecular weight excluding hydrogens is 224 g/mol. The molecular formula is C10H12N4O3. The van der Waals surface area contributed by atoms with E-state index in [0.29, 0.717) is 5.69 Å². The molecule has 0 radical (unpaired) electrons. The Morgan fingerprint density at radius 2 is 2.35 bits per heavy atom. The minimum Gasteiger partial charge on any atom is -0.451 e. The van der Waals surface area contributed by atoms with Crippen LogP contribution in [0, 0.1) is 11.3 Å². The normalized spacial score (nSPS) is 9.41. The van der Waals surface area contributed by atoms with Crippen LogP contribution in [0.2, 0.25) is 0 Å². The lowest BCUT2D eigenvalue weighted by atomic mass is 10.4. The molecule has 0 spiro atoms. The Balaban J connectivity index is 2.48. The van der Waals surface area contributed by atoms with Crippen molar-refractivity contribution in [3.63, 3.8) is 0 Å². The Labute approximate surface area is 97.8 Å². The van der Waals surface area contributed by atoms with Crippen LogP contribution in [-0.4, -0.2) is 29.6 Å². The molecule has 0 fully saturated rings. The van der Waals surface area contributed by atoms with E-state index < -0.39 is 18.5 Å². The number of esters is 1. The predicted octanol–water partition coefficient (Wildman–Crippen LogP) is -0.596. The van der Waals surface area contributed by atoms with Crippen molar-refractivity contribution in [3.8, 4) is 6.07 Å². The zero-order chi connectivity index (χ0) is 12.8.